The number of ether oxygens (including phenoxy) is 2. The Morgan fingerprint density at radius 2 is 1.94 bits per heavy atom. The Morgan fingerprint density at radius 3 is 2.50 bits per heavy atom. The van der Waals surface area contributed by atoms with E-state index >= 15 is 0 Å². The molecule has 0 heterocycles. The van der Waals surface area contributed by atoms with Crippen molar-refractivity contribution in [3.63, 3.8) is 0 Å². The van der Waals surface area contributed by atoms with Gasteiger partial charge in [-0.25, -0.2) is 0 Å². The van der Waals surface area contributed by atoms with Crippen molar-refractivity contribution in [2.24, 2.45) is 5.73 Å². The van der Waals surface area contributed by atoms with Crippen molar-refractivity contribution >= 4 is 0 Å². The lowest BCUT2D eigenvalue weighted by molar-refractivity contribution is -0.274. The summed E-state index contributed by atoms with van der Waals surface area (Å²) in [6, 6.07) is 4.26. The van der Waals surface area contributed by atoms with Crippen LogP contribution in [0.5, 0.6) is 5.75 Å². The van der Waals surface area contributed by atoms with E-state index in [2.05, 4.69) is 4.74 Å². The van der Waals surface area contributed by atoms with Crippen LogP contribution < -0.4 is 10.5 Å². The SMILES string of the molecule is Cc1cc(COC[C@H](C)N)cc(OC(F)(F)F)c1. The highest BCUT2D eigenvalue weighted by molar-refractivity contribution is 5.33. The Morgan fingerprint density at radius 1 is 1.28 bits per heavy atom. The van der Waals surface area contributed by atoms with Crippen LogP contribution >= 0.6 is 0 Å². The molecule has 102 valence electrons. The molecule has 2 N–H and O–H groups in total. The second-order valence-electron chi connectivity index (χ2n) is 4.19. The summed E-state index contributed by atoms with van der Waals surface area (Å²) >= 11 is 0. The highest BCUT2D eigenvalue weighted by Gasteiger charge is 2.31. The fourth-order valence-electron chi connectivity index (χ4n) is 1.46. The highest BCUT2D eigenvalue weighted by atomic mass is 19.4. The Kier molecular flexibility index (Phi) is 4.98. The van der Waals surface area contributed by atoms with Crippen molar-refractivity contribution in [3.05, 3.63) is 29.3 Å². The van der Waals surface area contributed by atoms with Gasteiger partial charge in [-0.3, -0.25) is 0 Å². The van der Waals surface area contributed by atoms with Gasteiger partial charge in [-0.1, -0.05) is 6.07 Å². The molecule has 0 aliphatic rings. The minimum Gasteiger partial charge on any atom is -0.406 e. The molecule has 1 aromatic carbocycles. The zero-order valence-corrected chi connectivity index (χ0v) is 10.3. The Bertz CT molecular complexity index is 391. The topological polar surface area (TPSA) is 44.5 Å². The third kappa shape index (κ3) is 5.88. The molecule has 0 unspecified atom stereocenters. The maximum atomic E-state index is 12.1. The van der Waals surface area contributed by atoms with E-state index in [0.717, 1.165) is 0 Å². The first kappa shape index (κ1) is 14.8. The monoisotopic (exact) mass is 263 g/mol. The molecule has 0 aliphatic carbocycles. The van der Waals surface area contributed by atoms with Crippen molar-refractivity contribution in [1.29, 1.82) is 0 Å². The molecule has 1 rings (SSSR count). The first-order chi connectivity index (χ1) is 8.26. The van der Waals surface area contributed by atoms with Gasteiger partial charge in [0.25, 0.3) is 0 Å². The van der Waals surface area contributed by atoms with Crippen LogP contribution in [-0.4, -0.2) is 19.0 Å². The molecule has 0 aromatic heterocycles. The van der Waals surface area contributed by atoms with E-state index in [1.54, 1.807) is 19.9 Å². The van der Waals surface area contributed by atoms with E-state index in [9.17, 15) is 13.2 Å². The van der Waals surface area contributed by atoms with Gasteiger partial charge in [0.05, 0.1) is 13.2 Å². The zero-order chi connectivity index (χ0) is 13.8. The maximum Gasteiger partial charge on any atom is 0.573 e. The molecular formula is C12H16F3NO2. The van der Waals surface area contributed by atoms with Gasteiger partial charge >= 0.3 is 6.36 Å². The van der Waals surface area contributed by atoms with Crippen molar-refractivity contribution in [2.45, 2.75) is 32.9 Å². The third-order valence-corrected chi connectivity index (χ3v) is 1.99. The number of benzene rings is 1. The molecule has 3 nitrogen and oxygen atoms in total. The minimum absolute atomic E-state index is 0.110. The molecule has 0 fully saturated rings. The lowest BCUT2D eigenvalue weighted by Gasteiger charge is -2.12. The maximum absolute atomic E-state index is 12.1. The number of aryl methyl sites for hydroxylation is 1. The van der Waals surface area contributed by atoms with Gasteiger partial charge in [0.2, 0.25) is 0 Å². The van der Waals surface area contributed by atoms with Gasteiger partial charge in [0.1, 0.15) is 5.75 Å². The Balaban J connectivity index is 2.69. The van der Waals surface area contributed by atoms with Crippen LogP contribution in [0.3, 0.4) is 0 Å². The van der Waals surface area contributed by atoms with Gasteiger partial charge in [-0.2, -0.15) is 0 Å². The summed E-state index contributed by atoms with van der Waals surface area (Å²) in [7, 11) is 0. The van der Waals surface area contributed by atoms with E-state index in [1.165, 1.54) is 12.1 Å². The molecule has 1 atom stereocenters. The Labute approximate surface area is 104 Å². The smallest absolute Gasteiger partial charge is 0.406 e. The third-order valence-electron chi connectivity index (χ3n) is 1.99. The van der Waals surface area contributed by atoms with Crippen LogP contribution in [-0.2, 0) is 11.3 Å². The summed E-state index contributed by atoms with van der Waals surface area (Å²) in [5, 5.41) is 0. The molecule has 0 spiro atoms. The van der Waals surface area contributed by atoms with Crippen molar-refractivity contribution in [2.75, 3.05) is 6.61 Å². The number of nitrogens with two attached hydrogens (primary N) is 1. The lowest BCUT2D eigenvalue weighted by Crippen LogP contribution is -2.21. The van der Waals surface area contributed by atoms with E-state index in [1.807, 2.05) is 0 Å². The van der Waals surface area contributed by atoms with Crippen LogP contribution in [0, 0.1) is 6.92 Å². The molecule has 0 saturated carbocycles. The molecule has 6 heteroatoms. The average Bonchev–Trinajstić information content (AvgIpc) is 2.12. The summed E-state index contributed by atoms with van der Waals surface area (Å²) in [4.78, 5) is 0. The average molecular weight is 263 g/mol. The number of hydrogen-bond acceptors (Lipinski definition) is 3. The minimum atomic E-state index is -4.68. The fourth-order valence-corrected chi connectivity index (χ4v) is 1.46. The van der Waals surface area contributed by atoms with Crippen LogP contribution in [0.2, 0.25) is 0 Å². The summed E-state index contributed by atoms with van der Waals surface area (Å²) in [6.45, 7) is 4.04. The van der Waals surface area contributed by atoms with E-state index in [4.69, 9.17) is 10.5 Å². The van der Waals surface area contributed by atoms with Gasteiger partial charge in [0.15, 0.2) is 0 Å². The van der Waals surface area contributed by atoms with Gasteiger partial charge in [-0.15, -0.1) is 13.2 Å². The molecule has 0 saturated heterocycles. The van der Waals surface area contributed by atoms with Crippen molar-refractivity contribution in [3.8, 4) is 5.75 Å². The molecule has 0 radical (unpaired) electrons. The lowest BCUT2D eigenvalue weighted by atomic mass is 10.1. The second-order valence-corrected chi connectivity index (χ2v) is 4.19. The van der Waals surface area contributed by atoms with Gasteiger partial charge in [0, 0.05) is 6.04 Å². The van der Waals surface area contributed by atoms with Crippen molar-refractivity contribution < 1.29 is 22.6 Å². The predicted molar refractivity (Wildman–Crippen MR) is 61.2 cm³/mol. The van der Waals surface area contributed by atoms with Crippen LogP contribution in [0.15, 0.2) is 18.2 Å². The van der Waals surface area contributed by atoms with E-state index in [-0.39, 0.29) is 18.4 Å². The quantitative estimate of drug-likeness (QED) is 0.888. The second kappa shape index (κ2) is 6.06. The fraction of sp³-hybridized carbons (Fsp3) is 0.500. The number of halogens is 3. The van der Waals surface area contributed by atoms with Crippen molar-refractivity contribution in [1.82, 2.24) is 0 Å². The molecular weight excluding hydrogens is 247 g/mol. The normalized spacial score (nSPS) is 13.4. The summed E-state index contributed by atoms with van der Waals surface area (Å²) in [5.74, 6) is -0.234. The van der Waals surface area contributed by atoms with Crippen LogP contribution in [0.1, 0.15) is 18.1 Å². The number of alkyl halides is 3. The number of hydrogen-bond donors (Lipinski definition) is 1. The Hall–Kier alpha value is -1.27. The highest BCUT2D eigenvalue weighted by Crippen LogP contribution is 2.25. The van der Waals surface area contributed by atoms with Gasteiger partial charge in [-0.05, 0) is 37.1 Å². The zero-order valence-electron chi connectivity index (χ0n) is 10.3. The molecule has 0 bridgehead atoms. The molecule has 0 amide bonds. The molecule has 1 aromatic rings. The molecule has 0 aliphatic heterocycles. The summed E-state index contributed by atoms with van der Waals surface area (Å²) in [5.41, 5.74) is 6.80. The summed E-state index contributed by atoms with van der Waals surface area (Å²) in [6.07, 6.45) is -4.68. The number of rotatable bonds is 5. The van der Waals surface area contributed by atoms with Crippen LogP contribution in [0.4, 0.5) is 13.2 Å². The largest absolute Gasteiger partial charge is 0.573 e. The van der Waals surface area contributed by atoms with Gasteiger partial charge < -0.3 is 15.2 Å². The summed E-state index contributed by atoms with van der Waals surface area (Å²) < 4.78 is 45.4. The van der Waals surface area contributed by atoms with E-state index < -0.39 is 6.36 Å². The predicted octanol–water partition coefficient (Wildman–Crippen LogP) is 2.76. The first-order valence-electron chi connectivity index (χ1n) is 5.46. The molecule has 18 heavy (non-hydrogen) atoms. The standard InChI is InChI=1S/C12H16F3NO2/c1-8-3-10(7-17-6-9(2)16)5-11(4-8)18-12(13,14)15/h3-5,9H,6-7,16H2,1-2H3/t9-/m0/s1. The van der Waals surface area contributed by atoms with Crippen LogP contribution in [0.25, 0.3) is 0 Å². The first-order valence-corrected chi connectivity index (χ1v) is 5.46. The van der Waals surface area contributed by atoms with E-state index in [0.29, 0.717) is 17.7 Å².